The zero-order valence-corrected chi connectivity index (χ0v) is 9.26. The summed E-state index contributed by atoms with van der Waals surface area (Å²) in [7, 11) is 0. The monoisotopic (exact) mass is 242 g/mol. The summed E-state index contributed by atoms with van der Waals surface area (Å²) in [6.45, 7) is 0.326. The van der Waals surface area contributed by atoms with Crippen molar-refractivity contribution in [1.82, 2.24) is 9.97 Å². The summed E-state index contributed by atoms with van der Waals surface area (Å²) in [5.41, 5.74) is -0.275. The highest BCUT2D eigenvalue weighted by atomic mass is 35.5. The van der Waals surface area contributed by atoms with Gasteiger partial charge in [0.25, 0.3) is 0 Å². The van der Waals surface area contributed by atoms with Crippen molar-refractivity contribution in [1.29, 1.82) is 0 Å². The van der Waals surface area contributed by atoms with Crippen LogP contribution in [0.4, 0.5) is 0 Å². The molecule has 0 N–H and O–H groups in total. The van der Waals surface area contributed by atoms with Crippen molar-refractivity contribution < 1.29 is 14.3 Å². The lowest BCUT2D eigenvalue weighted by Gasteiger charge is -2.24. The van der Waals surface area contributed by atoms with Crippen LogP contribution in [0.25, 0.3) is 0 Å². The van der Waals surface area contributed by atoms with Gasteiger partial charge in [-0.1, -0.05) is 11.6 Å². The molecule has 0 aromatic carbocycles. The van der Waals surface area contributed by atoms with Crippen LogP contribution in [-0.4, -0.2) is 34.2 Å². The van der Waals surface area contributed by atoms with Crippen LogP contribution in [0.1, 0.15) is 23.5 Å². The summed E-state index contributed by atoms with van der Waals surface area (Å²) in [5, 5.41) is 0. The van der Waals surface area contributed by atoms with Crippen LogP contribution in [0, 0.1) is 0 Å². The molecule has 0 saturated carbocycles. The molecule has 0 aliphatic carbocycles. The Bertz CT molecular complexity index is 352. The highest BCUT2D eigenvalue weighted by Gasteiger charge is 2.24. The van der Waals surface area contributed by atoms with E-state index in [1.54, 1.807) is 6.07 Å². The minimum Gasteiger partial charge on any atom is -0.454 e. The summed E-state index contributed by atoms with van der Waals surface area (Å²) in [6.07, 6.45) is 4.11. The SMILES string of the molecule is O=C(OC1CCC(Cl)OC1)c1ncccn1. The van der Waals surface area contributed by atoms with E-state index in [-0.39, 0.29) is 17.5 Å². The molecule has 2 rings (SSSR count). The Morgan fingerprint density at radius 1 is 1.44 bits per heavy atom. The van der Waals surface area contributed by atoms with Gasteiger partial charge in [-0.25, -0.2) is 14.8 Å². The Morgan fingerprint density at radius 2 is 2.19 bits per heavy atom. The van der Waals surface area contributed by atoms with E-state index in [2.05, 4.69) is 9.97 Å². The number of halogens is 1. The standard InChI is InChI=1S/C10H11ClN2O3/c11-8-3-2-7(6-15-8)16-10(14)9-12-4-1-5-13-9/h1,4-5,7-8H,2-3,6H2. The molecule has 1 saturated heterocycles. The molecular formula is C10H11ClN2O3. The van der Waals surface area contributed by atoms with Gasteiger partial charge in [-0.15, -0.1) is 0 Å². The molecule has 1 aliphatic rings. The minimum absolute atomic E-state index is 0.0653. The van der Waals surface area contributed by atoms with Crippen molar-refractivity contribution in [3.63, 3.8) is 0 Å². The molecule has 6 heteroatoms. The van der Waals surface area contributed by atoms with E-state index in [0.717, 1.165) is 0 Å². The molecule has 5 nitrogen and oxygen atoms in total. The number of carbonyl (C=O) groups excluding carboxylic acids is 1. The number of rotatable bonds is 2. The number of ether oxygens (including phenoxy) is 2. The van der Waals surface area contributed by atoms with E-state index in [0.29, 0.717) is 19.4 Å². The number of nitrogens with zero attached hydrogens (tertiary/aromatic N) is 2. The van der Waals surface area contributed by atoms with Crippen LogP contribution in [0.3, 0.4) is 0 Å². The highest BCUT2D eigenvalue weighted by Crippen LogP contribution is 2.19. The lowest BCUT2D eigenvalue weighted by atomic mass is 10.2. The second-order valence-corrected chi connectivity index (χ2v) is 3.91. The molecule has 1 aromatic heterocycles. The number of hydrogen-bond donors (Lipinski definition) is 0. The maximum absolute atomic E-state index is 11.6. The summed E-state index contributed by atoms with van der Waals surface area (Å²) in [4.78, 5) is 19.2. The zero-order chi connectivity index (χ0) is 11.4. The Balaban J connectivity index is 1.88. The van der Waals surface area contributed by atoms with Gasteiger partial charge in [0.1, 0.15) is 11.7 Å². The summed E-state index contributed by atoms with van der Waals surface area (Å²) < 4.78 is 10.4. The van der Waals surface area contributed by atoms with E-state index in [4.69, 9.17) is 21.1 Å². The van der Waals surface area contributed by atoms with Gasteiger partial charge in [0, 0.05) is 12.4 Å². The Hall–Kier alpha value is -1.20. The minimum atomic E-state index is -0.526. The van der Waals surface area contributed by atoms with E-state index < -0.39 is 5.97 Å². The third-order valence-electron chi connectivity index (χ3n) is 2.20. The third-order valence-corrected chi connectivity index (χ3v) is 2.54. The van der Waals surface area contributed by atoms with Crippen molar-refractivity contribution >= 4 is 17.6 Å². The van der Waals surface area contributed by atoms with E-state index in [1.165, 1.54) is 12.4 Å². The molecule has 2 unspecified atom stereocenters. The second kappa shape index (κ2) is 5.23. The quantitative estimate of drug-likeness (QED) is 0.579. The lowest BCUT2D eigenvalue weighted by Crippen LogP contribution is -2.31. The lowest BCUT2D eigenvalue weighted by molar-refractivity contribution is -0.0427. The zero-order valence-electron chi connectivity index (χ0n) is 8.51. The van der Waals surface area contributed by atoms with E-state index in [9.17, 15) is 4.79 Å². The van der Waals surface area contributed by atoms with Gasteiger partial charge >= 0.3 is 5.97 Å². The van der Waals surface area contributed by atoms with Gasteiger partial charge in [-0.2, -0.15) is 0 Å². The molecule has 1 aromatic rings. The molecule has 1 fully saturated rings. The first-order chi connectivity index (χ1) is 7.75. The molecule has 2 heterocycles. The number of alkyl halides is 1. The third kappa shape index (κ3) is 2.90. The van der Waals surface area contributed by atoms with Crippen molar-refractivity contribution in [3.05, 3.63) is 24.3 Å². The first-order valence-electron chi connectivity index (χ1n) is 4.99. The summed E-state index contributed by atoms with van der Waals surface area (Å²) in [5.74, 6) is -0.460. The van der Waals surface area contributed by atoms with Crippen LogP contribution in [0.2, 0.25) is 0 Å². The highest BCUT2D eigenvalue weighted by molar-refractivity contribution is 6.19. The summed E-state index contributed by atoms with van der Waals surface area (Å²) in [6, 6.07) is 1.64. The van der Waals surface area contributed by atoms with E-state index in [1.807, 2.05) is 0 Å². The second-order valence-electron chi connectivity index (χ2n) is 3.42. The van der Waals surface area contributed by atoms with Crippen molar-refractivity contribution in [2.24, 2.45) is 0 Å². The maximum Gasteiger partial charge on any atom is 0.376 e. The Labute approximate surface area is 97.7 Å². The van der Waals surface area contributed by atoms with Gasteiger partial charge in [0.2, 0.25) is 5.82 Å². The summed E-state index contributed by atoms with van der Waals surface area (Å²) >= 11 is 5.75. The number of aromatic nitrogens is 2. The average molecular weight is 243 g/mol. The van der Waals surface area contributed by atoms with Gasteiger partial charge in [0.15, 0.2) is 0 Å². The normalized spacial score (nSPS) is 25.1. The molecule has 0 amide bonds. The predicted molar refractivity (Wildman–Crippen MR) is 56.1 cm³/mol. The number of esters is 1. The molecule has 2 atom stereocenters. The maximum atomic E-state index is 11.6. The molecule has 0 bridgehead atoms. The van der Waals surface area contributed by atoms with Gasteiger partial charge in [-0.05, 0) is 18.9 Å². The fourth-order valence-corrected chi connectivity index (χ4v) is 1.60. The topological polar surface area (TPSA) is 61.3 Å². The fraction of sp³-hybridized carbons (Fsp3) is 0.500. The van der Waals surface area contributed by atoms with Crippen molar-refractivity contribution in [3.8, 4) is 0 Å². The fourth-order valence-electron chi connectivity index (χ4n) is 1.40. The van der Waals surface area contributed by atoms with Gasteiger partial charge < -0.3 is 9.47 Å². The molecule has 86 valence electrons. The van der Waals surface area contributed by atoms with Crippen LogP contribution < -0.4 is 0 Å². The van der Waals surface area contributed by atoms with Crippen LogP contribution in [0.5, 0.6) is 0 Å². The largest absolute Gasteiger partial charge is 0.454 e. The molecule has 1 aliphatic heterocycles. The molecule has 16 heavy (non-hydrogen) atoms. The van der Waals surface area contributed by atoms with Crippen LogP contribution in [-0.2, 0) is 9.47 Å². The average Bonchev–Trinajstić information content (AvgIpc) is 2.33. The molecular weight excluding hydrogens is 232 g/mol. The first kappa shape index (κ1) is 11.3. The molecule has 0 spiro atoms. The van der Waals surface area contributed by atoms with Crippen LogP contribution in [0.15, 0.2) is 18.5 Å². The van der Waals surface area contributed by atoms with Crippen molar-refractivity contribution in [2.75, 3.05) is 6.61 Å². The van der Waals surface area contributed by atoms with Gasteiger partial charge in [0.05, 0.1) is 6.61 Å². The van der Waals surface area contributed by atoms with Crippen molar-refractivity contribution in [2.45, 2.75) is 24.5 Å². The predicted octanol–water partition coefficient (Wildman–Crippen LogP) is 1.38. The number of hydrogen-bond acceptors (Lipinski definition) is 5. The van der Waals surface area contributed by atoms with Crippen LogP contribution >= 0.6 is 11.6 Å². The Kier molecular flexibility index (Phi) is 3.69. The Morgan fingerprint density at radius 3 is 2.81 bits per heavy atom. The first-order valence-corrected chi connectivity index (χ1v) is 5.43. The van der Waals surface area contributed by atoms with Gasteiger partial charge in [-0.3, -0.25) is 0 Å². The number of carbonyl (C=O) groups is 1. The molecule has 0 radical (unpaired) electrons. The van der Waals surface area contributed by atoms with E-state index >= 15 is 0 Å². The smallest absolute Gasteiger partial charge is 0.376 e.